The van der Waals surface area contributed by atoms with Crippen molar-refractivity contribution >= 4 is 16.0 Å². The predicted molar refractivity (Wildman–Crippen MR) is 101 cm³/mol. The van der Waals surface area contributed by atoms with Crippen LogP contribution in [0.15, 0.2) is 47.6 Å². The maximum Gasteiger partial charge on any atom is 0.253 e. The van der Waals surface area contributed by atoms with Gasteiger partial charge in [0.2, 0.25) is 5.95 Å². The number of nitrogens with two attached hydrogens (primary N) is 1. The molecular weight excluding hydrogens is 404 g/mol. The number of pyridine rings is 1. The van der Waals surface area contributed by atoms with Crippen molar-refractivity contribution in [2.75, 3.05) is 5.32 Å². The van der Waals surface area contributed by atoms with Crippen LogP contribution >= 0.6 is 0 Å². The molecule has 29 heavy (non-hydrogen) atoms. The minimum Gasteiger partial charge on any atom is -0.342 e. The number of nitrogens with zero attached hydrogens (tertiary/aromatic N) is 4. The minimum absolute atomic E-state index is 0.00365. The van der Waals surface area contributed by atoms with E-state index in [1.54, 1.807) is 18.7 Å². The highest BCUT2D eigenvalue weighted by molar-refractivity contribution is 7.89. The zero-order valence-corrected chi connectivity index (χ0v) is 16.2. The summed E-state index contributed by atoms with van der Waals surface area (Å²) in [6, 6.07) is 5.87. The van der Waals surface area contributed by atoms with E-state index in [0.717, 1.165) is 18.2 Å². The molecule has 0 spiro atoms. The average Bonchev–Trinajstić information content (AvgIpc) is 2.69. The summed E-state index contributed by atoms with van der Waals surface area (Å²) in [6.07, 6.45) is 2.68. The molecule has 0 unspecified atom stereocenters. The van der Waals surface area contributed by atoms with Gasteiger partial charge in [0.15, 0.2) is 0 Å². The van der Waals surface area contributed by atoms with Crippen LogP contribution in [-0.2, 0) is 15.6 Å². The largest absolute Gasteiger partial charge is 0.342 e. The summed E-state index contributed by atoms with van der Waals surface area (Å²) in [6.45, 7) is 3.37. The maximum absolute atomic E-state index is 14.2. The van der Waals surface area contributed by atoms with Crippen molar-refractivity contribution in [1.82, 2.24) is 25.0 Å². The van der Waals surface area contributed by atoms with E-state index in [2.05, 4.69) is 25.5 Å². The standard InChI is InChI=1S/C17H17F2N7O2S/c1-17(2,15-13(19)4-3-7-21-15)23-16-22-9-14(24-25-16)11-8-10(5-6-12(11)18)29(27,28)26-20/h3-9,26H,20H2,1-2H3,(H,22,23,25). The molecule has 0 saturated carbocycles. The fraction of sp³-hybridized carbons (Fsp3) is 0.176. The number of anilines is 1. The molecule has 0 bridgehead atoms. The molecule has 12 heteroatoms. The smallest absolute Gasteiger partial charge is 0.253 e. The topological polar surface area (TPSA) is 136 Å². The van der Waals surface area contributed by atoms with Gasteiger partial charge in [0, 0.05) is 11.8 Å². The van der Waals surface area contributed by atoms with E-state index in [4.69, 9.17) is 5.84 Å². The number of hydrazine groups is 1. The molecule has 0 atom stereocenters. The number of aromatic nitrogens is 4. The van der Waals surface area contributed by atoms with E-state index in [1.165, 1.54) is 24.5 Å². The Morgan fingerprint density at radius 3 is 2.45 bits per heavy atom. The fourth-order valence-electron chi connectivity index (χ4n) is 2.58. The van der Waals surface area contributed by atoms with E-state index < -0.39 is 27.2 Å². The Kier molecular flexibility index (Phi) is 5.50. The quantitative estimate of drug-likeness (QED) is 0.404. The lowest BCUT2D eigenvalue weighted by Gasteiger charge is -2.25. The molecule has 9 nitrogen and oxygen atoms in total. The molecule has 0 radical (unpaired) electrons. The molecule has 4 N–H and O–H groups in total. The van der Waals surface area contributed by atoms with Gasteiger partial charge in [-0.05, 0) is 44.2 Å². The first kappa shape index (κ1) is 20.6. The second-order valence-corrected chi connectivity index (χ2v) is 8.23. The number of sulfonamides is 1. The van der Waals surface area contributed by atoms with E-state index in [9.17, 15) is 17.2 Å². The summed E-state index contributed by atoms with van der Waals surface area (Å²) >= 11 is 0. The lowest BCUT2D eigenvalue weighted by atomic mass is 10.00. The van der Waals surface area contributed by atoms with Crippen LogP contribution in [0.3, 0.4) is 0 Å². The third-order valence-electron chi connectivity index (χ3n) is 4.02. The summed E-state index contributed by atoms with van der Waals surface area (Å²) in [7, 11) is -3.97. The predicted octanol–water partition coefficient (Wildman–Crippen LogP) is 1.71. The van der Waals surface area contributed by atoms with Crippen molar-refractivity contribution in [3.05, 3.63) is 60.1 Å². The Hall–Kier alpha value is -3.09. The van der Waals surface area contributed by atoms with Gasteiger partial charge in [-0.1, -0.05) is 0 Å². The Balaban J connectivity index is 1.90. The molecule has 2 heterocycles. The highest BCUT2D eigenvalue weighted by Gasteiger charge is 2.26. The summed E-state index contributed by atoms with van der Waals surface area (Å²) < 4.78 is 51.8. The molecule has 2 aromatic heterocycles. The van der Waals surface area contributed by atoms with Crippen LogP contribution in [-0.4, -0.2) is 28.6 Å². The maximum atomic E-state index is 14.2. The molecular formula is C17H17F2N7O2S. The number of hydrogen-bond acceptors (Lipinski definition) is 8. The van der Waals surface area contributed by atoms with Gasteiger partial charge in [0.05, 0.1) is 16.6 Å². The van der Waals surface area contributed by atoms with Crippen molar-refractivity contribution < 1.29 is 17.2 Å². The molecule has 0 amide bonds. The van der Waals surface area contributed by atoms with Crippen LogP contribution < -0.4 is 16.0 Å². The zero-order valence-electron chi connectivity index (χ0n) is 15.4. The van der Waals surface area contributed by atoms with Gasteiger partial charge in [-0.15, -0.1) is 10.2 Å². The number of benzene rings is 1. The Labute approximate surface area is 165 Å². The number of halogens is 2. The second-order valence-electron chi connectivity index (χ2n) is 6.51. The lowest BCUT2D eigenvalue weighted by Crippen LogP contribution is -2.31. The van der Waals surface area contributed by atoms with Crippen LogP contribution in [0.5, 0.6) is 0 Å². The summed E-state index contributed by atoms with van der Waals surface area (Å²) in [5.74, 6) is 3.83. The number of rotatable bonds is 6. The molecule has 1 aromatic carbocycles. The molecule has 3 rings (SSSR count). The van der Waals surface area contributed by atoms with E-state index in [1.807, 2.05) is 0 Å². The normalized spacial score (nSPS) is 12.0. The molecule has 0 fully saturated rings. The molecule has 0 aliphatic carbocycles. The number of nitrogens with one attached hydrogen (secondary N) is 2. The molecule has 152 valence electrons. The Bertz CT molecular complexity index is 1140. The molecule has 0 aliphatic heterocycles. The van der Waals surface area contributed by atoms with E-state index >= 15 is 0 Å². The first-order chi connectivity index (χ1) is 13.6. The second kappa shape index (κ2) is 7.73. The van der Waals surface area contributed by atoms with Crippen LogP contribution in [0.25, 0.3) is 11.3 Å². The Morgan fingerprint density at radius 2 is 1.83 bits per heavy atom. The first-order valence-electron chi connectivity index (χ1n) is 8.25. The monoisotopic (exact) mass is 421 g/mol. The van der Waals surface area contributed by atoms with Crippen molar-refractivity contribution in [3.8, 4) is 11.3 Å². The van der Waals surface area contributed by atoms with Gasteiger partial charge in [-0.3, -0.25) is 10.8 Å². The van der Waals surface area contributed by atoms with Crippen molar-refractivity contribution in [3.63, 3.8) is 0 Å². The van der Waals surface area contributed by atoms with Crippen molar-refractivity contribution in [1.29, 1.82) is 0 Å². The number of hydrogen-bond donors (Lipinski definition) is 3. The zero-order chi connectivity index (χ0) is 21.2. The van der Waals surface area contributed by atoms with Gasteiger partial charge in [-0.2, -0.15) is 4.83 Å². The molecule has 0 aliphatic rings. The van der Waals surface area contributed by atoms with Crippen LogP contribution in [0, 0.1) is 11.6 Å². The first-order valence-corrected chi connectivity index (χ1v) is 9.73. The van der Waals surface area contributed by atoms with Gasteiger partial charge < -0.3 is 5.32 Å². The Morgan fingerprint density at radius 1 is 1.07 bits per heavy atom. The van der Waals surface area contributed by atoms with Gasteiger partial charge in [0.1, 0.15) is 23.0 Å². The van der Waals surface area contributed by atoms with Crippen molar-refractivity contribution in [2.24, 2.45) is 5.84 Å². The van der Waals surface area contributed by atoms with E-state index in [0.29, 0.717) is 0 Å². The van der Waals surface area contributed by atoms with Crippen LogP contribution in [0.2, 0.25) is 0 Å². The summed E-state index contributed by atoms with van der Waals surface area (Å²) in [5.41, 5.74) is -0.918. The molecule has 0 saturated heterocycles. The minimum atomic E-state index is -3.97. The fourth-order valence-corrected chi connectivity index (χ4v) is 3.23. The average molecular weight is 421 g/mol. The molecule has 3 aromatic rings. The summed E-state index contributed by atoms with van der Waals surface area (Å²) in [4.78, 5) is 9.50. The highest BCUT2D eigenvalue weighted by Crippen LogP contribution is 2.26. The SMILES string of the molecule is CC(C)(Nc1ncc(-c2cc(S(=O)(=O)NN)ccc2F)nn1)c1ncccc1F. The third kappa shape index (κ3) is 4.34. The van der Waals surface area contributed by atoms with Gasteiger partial charge in [0.25, 0.3) is 10.0 Å². The van der Waals surface area contributed by atoms with Gasteiger partial charge >= 0.3 is 0 Å². The van der Waals surface area contributed by atoms with E-state index in [-0.39, 0.29) is 27.8 Å². The highest BCUT2D eigenvalue weighted by atomic mass is 32.2. The third-order valence-corrected chi connectivity index (χ3v) is 5.20. The van der Waals surface area contributed by atoms with Crippen LogP contribution in [0.4, 0.5) is 14.7 Å². The van der Waals surface area contributed by atoms with Gasteiger partial charge in [-0.25, -0.2) is 22.2 Å². The van der Waals surface area contributed by atoms with Crippen LogP contribution in [0.1, 0.15) is 19.5 Å². The lowest BCUT2D eigenvalue weighted by molar-refractivity contribution is 0.510. The van der Waals surface area contributed by atoms with Crippen molar-refractivity contribution in [2.45, 2.75) is 24.3 Å². The summed E-state index contributed by atoms with van der Waals surface area (Å²) in [5, 5.41) is 10.7.